The lowest BCUT2D eigenvalue weighted by Crippen LogP contribution is -2.12. The monoisotopic (exact) mass is 407 g/mol. The Morgan fingerprint density at radius 1 is 0.903 bits per heavy atom. The van der Waals surface area contributed by atoms with Gasteiger partial charge in [0.2, 0.25) is 5.88 Å². The number of benzene rings is 3. The number of carbonyl (C=O) groups excluding carboxylic acids is 1. The number of rotatable bonds is 5. The van der Waals surface area contributed by atoms with Crippen molar-refractivity contribution in [2.45, 2.75) is 0 Å². The van der Waals surface area contributed by atoms with Crippen LogP contribution < -0.4 is 10.1 Å². The lowest BCUT2D eigenvalue weighted by molar-refractivity contribution is 0.102. The molecule has 1 N–H and O–H groups in total. The summed E-state index contributed by atoms with van der Waals surface area (Å²) in [6.07, 6.45) is 4.89. The van der Waals surface area contributed by atoms with Crippen LogP contribution in [0.2, 0.25) is 0 Å². The molecule has 0 saturated carbocycles. The van der Waals surface area contributed by atoms with E-state index in [0.717, 1.165) is 10.8 Å². The highest BCUT2D eigenvalue weighted by molar-refractivity contribution is 6.12. The topological polar surface area (TPSA) is 81.9 Å². The first-order valence-electron chi connectivity index (χ1n) is 9.65. The van der Waals surface area contributed by atoms with Crippen LogP contribution in [0.15, 0.2) is 97.6 Å². The van der Waals surface area contributed by atoms with E-state index in [0.29, 0.717) is 28.7 Å². The molecule has 0 fully saturated rings. The van der Waals surface area contributed by atoms with Crippen LogP contribution in [0.4, 0.5) is 5.69 Å². The maximum atomic E-state index is 12.8. The van der Waals surface area contributed by atoms with Crippen LogP contribution in [-0.4, -0.2) is 25.7 Å². The Morgan fingerprint density at radius 3 is 2.58 bits per heavy atom. The van der Waals surface area contributed by atoms with E-state index in [1.54, 1.807) is 47.4 Å². The molecule has 1 amide bonds. The highest BCUT2D eigenvalue weighted by atomic mass is 16.5. The summed E-state index contributed by atoms with van der Waals surface area (Å²) in [5.74, 6) is 1.43. The summed E-state index contributed by atoms with van der Waals surface area (Å²) < 4.78 is 7.44. The third kappa shape index (κ3) is 3.97. The smallest absolute Gasteiger partial charge is 0.256 e. The molecule has 31 heavy (non-hydrogen) atoms. The SMILES string of the molecule is O=C(Nc1ccc(Oc2cc(-n3cccn3)ncn2)cc1)c1cccc2ccccc12. The molecule has 2 heterocycles. The summed E-state index contributed by atoms with van der Waals surface area (Å²) in [5.41, 5.74) is 1.30. The zero-order valence-electron chi connectivity index (χ0n) is 16.3. The first kappa shape index (κ1) is 18.5. The van der Waals surface area contributed by atoms with Crippen molar-refractivity contribution >= 4 is 22.4 Å². The number of nitrogens with zero attached hydrogens (tertiary/aromatic N) is 4. The largest absolute Gasteiger partial charge is 0.439 e. The maximum absolute atomic E-state index is 12.8. The summed E-state index contributed by atoms with van der Waals surface area (Å²) in [7, 11) is 0. The zero-order chi connectivity index (χ0) is 21.0. The Hall–Kier alpha value is -4.52. The van der Waals surface area contributed by atoms with Crippen LogP contribution >= 0.6 is 0 Å². The Bertz CT molecular complexity index is 1340. The first-order chi connectivity index (χ1) is 15.3. The number of carbonyl (C=O) groups is 1. The molecule has 7 heteroatoms. The van der Waals surface area contributed by atoms with E-state index >= 15 is 0 Å². The minimum Gasteiger partial charge on any atom is -0.439 e. The van der Waals surface area contributed by atoms with Crippen LogP contribution in [0.5, 0.6) is 11.6 Å². The molecule has 0 aliphatic carbocycles. The molecule has 0 unspecified atom stereocenters. The van der Waals surface area contributed by atoms with Gasteiger partial charge in [-0.05, 0) is 47.2 Å². The average molecular weight is 407 g/mol. The van der Waals surface area contributed by atoms with Crippen LogP contribution in [0.1, 0.15) is 10.4 Å². The van der Waals surface area contributed by atoms with Crippen LogP contribution in [0.3, 0.4) is 0 Å². The van der Waals surface area contributed by atoms with Crippen molar-refractivity contribution in [2.24, 2.45) is 0 Å². The molecule has 3 aromatic carbocycles. The number of aromatic nitrogens is 4. The summed E-state index contributed by atoms with van der Waals surface area (Å²) in [6, 6.07) is 24.1. The second-order valence-corrected chi connectivity index (χ2v) is 6.77. The Kier molecular flexibility index (Phi) is 4.82. The predicted molar refractivity (Wildman–Crippen MR) is 118 cm³/mol. The third-order valence-electron chi connectivity index (χ3n) is 4.74. The molecule has 2 aromatic heterocycles. The van der Waals surface area contributed by atoms with E-state index in [1.165, 1.54) is 6.33 Å². The highest BCUT2D eigenvalue weighted by Gasteiger charge is 2.10. The van der Waals surface area contributed by atoms with Gasteiger partial charge in [-0.15, -0.1) is 0 Å². The second kappa shape index (κ2) is 8.08. The Labute approximate surface area is 178 Å². The van der Waals surface area contributed by atoms with Crippen molar-refractivity contribution < 1.29 is 9.53 Å². The lowest BCUT2D eigenvalue weighted by Gasteiger charge is -2.10. The molecule has 0 spiro atoms. The molecule has 0 atom stereocenters. The fraction of sp³-hybridized carbons (Fsp3) is 0. The number of fused-ring (bicyclic) bond motifs is 1. The van der Waals surface area contributed by atoms with Crippen molar-refractivity contribution in [3.8, 4) is 17.4 Å². The number of hydrogen-bond acceptors (Lipinski definition) is 5. The molecular weight excluding hydrogens is 390 g/mol. The molecule has 0 bridgehead atoms. The minimum atomic E-state index is -0.162. The molecule has 5 rings (SSSR count). The molecule has 0 aliphatic rings. The van der Waals surface area contributed by atoms with Crippen molar-refractivity contribution in [1.82, 2.24) is 19.7 Å². The van der Waals surface area contributed by atoms with Gasteiger partial charge in [-0.2, -0.15) is 5.10 Å². The van der Waals surface area contributed by atoms with Gasteiger partial charge < -0.3 is 10.1 Å². The van der Waals surface area contributed by atoms with Crippen LogP contribution in [0, 0.1) is 0 Å². The third-order valence-corrected chi connectivity index (χ3v) is 4.74. The first-order valence-corrected chi connectivity index (χ1v) is 9.65. The molecule has 5 aromatic rings. The number of nitrogens with one attached hydrogen (secondary N) is 1. The predicted octanol–water partition coefficient (Wildman–Crippen LogP) is 4.86. The second-order valence-electron chi connectivity index (χ2n) is 6.77. The van der Waals surface area contributed by atoms with Gasteiger partial charge in [0, 0.05) is 29.7 Å². The average Bonchev–Trinajstić information content (AvgIpc) is 3.35. The molecule has 150 valence electrons. The Morgan fingerprint density at radius 2 is 1.74 bits per heavy atom. The number of anilines is 1. The summed E-state index contributed by atoms with van der Waals surface area (Å²) in [5, 5.41) is 9.03. The molecule has 0 radical (unpaired) electrons. The van der Waals surface area contributed by atoms with Crippen molar-refractivity contribution in [1.29, 1.82) is 0 Å². The quantitative estimate of drug-likeness (QED) is 0.450. The van der Waals surface area contributed by atoms with Gasteiger partial charge in [0.05, 0.1) is 0 Å². The van der Waals surface area contributed by atoms with Crippen LogP contribution in [-0.2, 0) is 0 Å². The van der Waals surface area contributed by atoms with E-state index in [9.17, 15) is 4.79 Å². The van der Waals surface area contributed by atoms with E-state index in [1.807, 2.05) is 48.5 Å². The van der Waals surface area contributed by atoms with Gasteiger partial charge in [-0.25, -0.2) is 14.6 Å². The van der Waals surface area contributed by atoms with Crippen LogP contribution in [0.25, 0.3) is 16.6 Å². The van der Waals surface area contributed by atoms with Crippen molar-refractivity contribution in [3.05, 3.63) is 103 Å². The van der Waals surface area contributed by atoms with Gasteiger partial charge in [-0.1, -0.05) is 36.4 Å². The van der Waals surface area contributed by atoms with Gasteiger partial charge >= 0.3 is 0 Å². The van der Waals surface area contributed by atoms with E-state index in [2.05, 4.69) is 20.4 Å². The van der Waals surface area contributed by atoms with Gasteiger partial charge in [0.1, 0.15) is 12.1 Å². The molecule has 7 nitrogen and oxygen atoms in total. The number of amides is 1. The van der Waals surface area contributed by atoms with Gasteiger partial charge in [0.25, 0.3) is 5.91 Å². The zero-order valence-corrected chi connectivity index (χ0v) is 16.3. The lowest BCUT2D eigenvalue weighted by atomic mass is 10.0. The fourth-order valence-electron chi connectivity index (χ4n) is 3.26. The maximum Gasteiger partial charge on any atom is 0.256 e. The van der Waals surface area contributed by atoms with E-state index in [4.69, 9.17) is 4.74 Å². The molecular formula is C24H17N5O2. The fourth-order valence-corrected chi connectivity index (χ4v) is 3.26. The summed E-state index contributed by atoms with van der Waals surface area (Å²) in [6.45, 7) is 0. The van der Waals surface area contributed by atoms with E-state index in [-0.39, 0.29) is 5.91 Å². The van der Waals surface area contributed by atoms with Gasteiger partial charge in [0.15, 0.2) is 5.82 Å². The van der Waals surface area contributed by atoms with Crippen molar-refractivity contribution in [3.63, 3.8) is 0 Å². The summed E-state index contributed by atoms with van der Waals surface area (Å²) >= 11 is 0. The molecule has 0 saturated heterocycles. The number of ether oxygens (including phenoxy) is 1. The normalized spacial score (nSPS) is 10.7. The van der Waals surface area contributed by atoms with Crippen molar-refractivity contribution in [2.75, 3.05) is 5.32 Å². The summed E-state index contributed by atoms with van der Waals surface area (Å²) in [4.78, 5) is 21.1. The highest BCUT2D eigenvalue weighted by Crippen LogP contribution is 2.24. The molecule has 0 aliphatic heterocycles. The van der Waals surface area contributed by atoms with Gasteiger partial charge in [-0.3, -0.25) is 4.79 Å². The number of hydrogen-bond donors (Lipinski definition) is 1. The Balaban J connectivity index is 1.30. The minimum absolute atomic E-state index is 0.162. The van der Waals surface area contributed by atoms with E-state index < -0.39 is 0 Å². The standard InChI is InChI=1S/C24H17N5O2/c30-24(21-8-3-6-17-5-1-2-7-20(17)21)28-18-9-11-19(12-10-18)31-23-15-22(25-16-26-23)29-14-4-13-27-29/h1-16H,(H,28,30).